The zero-order chi connectivity index (χ0) is 25.8. The van der Waals surface area contributed by atoms with Crippen molar-refractivity contribution in [2.24, 2.45) is 5.92 Å². The number of nitrogens with zero attached hydrogens (tertiary/aromatic N) is 2. The van der Waals surface area contributed by atoms with Crippen molar-refractivity contribution in [1.82, 2.24) is 15.1 Å². The number of hydrogen-bond donors (Lipinski definition) is 1. The molecule has 4 rings (SSSR count). The molecule has 0 unspecified atom stereocenters. The number of hydrogen-bond acceptors (Lipinski definition) is 6. The van der Waals surface area contributed by atoms with Gasteiger partial charge in [-0.3, -0.25) is 9.69 Å². The van der Waals surface area contributed by atoms with Gasteiger partial charge in [0.15, 0.2) is 0 Å². The predicted molar refractivity (Wildman–Crippen MR) is 137 cm³/mol. The number of methoxy groups -OCH3 is 1. The molecule has 36 heavy (non-hydrogen) atoms. The number of nitrogens with one attached hydrogen (secondary N) is 1. The van der Waals surface area contributed by atoms with E-state index < -0.39 is 30.3 Å². The Hall–Kier alpha value is -2.87. The molecule has 1 fully saturated rings. The highest BCUT2D eigenvalue weighted by Crippen LogP contribution is 2.30. The van der Waals surface area contributed by atoms with Crippen LogP contribution in [0.25, 0.3) is 6.08 Å². The van der Waals surface area contributed by atoms with E-state index in [0.717, 1.165) is 42.4 Å². The summed E-state index contributed by atoms with van der Waals surface area (Å²) in [4.78, 5) is 42.6. The Labute approximate surface area is 214 Å². The summed E-state index contributed by atoms with van der Waals surface area (Å²) in [5, 5.41) is 3.50. The van der Waals surface area contributed by atoms with Gasteiger partial charge >= 0.3 is 12.1 Å². The van der Waals surface area contributed by atoms with Crippen LogP contribution in [0.2, 0.25) is 0 Å². The molecule has 1 aromatic rings. The van der Waals surface area contributed by atoms with Crippen molar-refractivity contribution in [3.8, 4) is 0 Å². The van der Waals surface area contributed by atoms with Crippen molar-refractivity contribution in [2.75, 3.05) is 13.7 Å². The average Bonchev–Trinajstić information content (AvgIpc) is 3.48. The molecular formula is C28H39N3O5. The smallest absolute Gasteiger partial charge is 0.410 e. The van der Waals surface area contributed by atoms with Crippen molar-refractivity contribution in [2.45, 2.75) is 90.2 Å². The minimum atomic E-state index is -0.767. The number of allylic oxidation sites excluding steroid dienone is 1. The van der Waals surface area contributed by atoms with Crippen LogP contribution in [0, 0.1) is 5.92 Å². The molecule has 0 aliphatic carbocycles. The van der Waals surface area contributed by atoms with Gasteiger partial charge in [0.2, 0.25) is 5.91 Å². The van der Waals surface area contributed by atoms with Gasteiger partial charge in [-0.15, -0.1) is 0 Å². The van der Waals surface area contributed by atoms with Gasteiger partial charge in [-0.2, -0.15) is 0 Å². The maximum absolute atomic E-state index is 13.7. The van der Waals surface area contributed by atoms with Crippen molar-refractivity contribution >= 4 is 24.0 Å². The fraction of sp³-hybridized carbons (Fsp3) is 0.607. The monoisotopic (exact) mass is 497 g/mol. The fourth-order valence-corrected chi connectivity index (χ4v) is 5.48. The lowest BCUT2D eigenvalue weighted by Gasteiger charge is -2.31. The zero-order valence-corrected chi connectivity index (χ0v) is 21.9. The summed E-state index contributed by atoms with van der Waals surface area (Å²) in [6, 6.07) is 5.12. The summed E-state index contributed by atoms with van der Waals surface area (Å²) in [6.45, 7) is 7.26. The molecule has 4 atom stereocenters. The lowest BCUT2D eigenvalue weighted by atomic mass is 9.99. The number of rotatable bonds is 2. The summed E-state index contributed by atoms with van der Waals surface area (Å²) < 4.78 is 10.9. The van der Waals surface area contributed by atoms with Crippen molar-refractivity contribution < 1.29 is 23.9 Å². The van der Waals surface area contributed by atoms with Crippen LogP contribution in [-0.4, -0.2) is 65.7 Å². The average molecular weight is 498 g/mol. The molecule has 0 radical (unpaired) electrons. The van der Waals surface area contributed by atoms with Gasteiger partial charge in [-0.1, -0.05) is 50.6 Å². The topological polar surface area (TPSA) is 88.2 Å². The van der Waals surface area contributed by atoms with Crippen LogP contribution in [0.5, 0.6) is 0 Å². The highest BCUT2D eigenvalue weighted by atomic mass is 16.6. The van der Waals surface area contributed by atoms with Gasteiger partial charge in [0.05, 0.1) is 26.2 Å². The van der Waals surface area contributed by atoms with Gasteiger partial charge in [0.1, 0.15) is 12.1 Å². The molecule has 1 saturated heterocycles. The van der Waals surface area contributed by atoms with Crippen molar-refractivity contribution in [1.29, 1.82) is 0 Å². The first-order valence-electron chi connectivity index (χ1n) is 13.2. The van der Waals surface area contributed by atoms with Crippen LogP contribution in [0.4, 0.5) is 4.79 Å². The second kappa shape index (κ2) is 11.5. The molecule has 8 heteroatoms. The molecule has 1 N–H and O–H groups in total. The summed E-state index contributed by atoms with van der Waals surface area (Å²) >= 11 is 0. The van der Waals surface area contributed by atoms with Crippen LogP contribution in [0.1, 0.15) is 69.6 Å². The summed E-state index contributed by atoms with van der Waals surface area (Å²) in [6.07, 6.45) is 7.67. The lowest BCUT2D eigenvalue weighted by Crippen LogP contribution is -2.54. The number of ether oxygens (including phenoxy) is 2. The summed E-state index contributed by atoms with van der Waals surface area (Å²) in [5.74, 6) is -0.595. The van der Waals surface area contributed by atoms with E-state index in [1.54, 1.807) is 9.80 Å². The number of benzene rings is 1. The molecule has 196 valence electrons. The summed E-state index contributed by atoms with van der Waals surface area (Å²) in [7, 11) is 1.32. The van der Waals surface area contributed by atoms with Crippen molar-refractivity contribution in [3.05, 3.63) is 41.0 Å². The molecule has 1 aromatic carbocycles. The summed E-state index contributed by atoms with van der Waals surface area (Å²) in [5.41, 5.74) is 3.41. The van der Waals surface area contributed by atoms with Crippen LogP contribution in [0.3, 0.4) is 0 Å². The zero-order valence-electron chi connectivity index (χ0n) is 21.9. The van der Waals surface area contributed by atoms with E-state index in [1.807, 2.05) is 19.9 Å². The number of fused-ring (bicyclic) bond motifs is 3. The van der Waals surface area contributed by atoms with E-state index in [4.69, 9.17) is 9.47 Å². The maximum atomic E-state index is 13.7. The number of carbonyl (C=O) groups is 3. The van der Waals surface area contributed by atoms with Gasteiger partial charge in [0, 0.05) is 19.0 Å². The molecule has 4 bridgehead atoms. The normalized spacial score (nSPS) is 28.4. The predicted octanol–water partition coefficient (Wildman–Crippen LogP) is 3.87. The Bertz CT molecular complexity index is 1010. The molecule has 3 aliphatic rings. The first kappa shape index (κ1) is 26.2. The molecule has 0 spiro atoms. The van der Waals surface area contributed by atoms with Gasteiger partial charge in [0.25, 0.3) is 0 Å². The van der Waals surface area contributed by atoms with E-state index in [-0.39, 0.29) is 30.8 Å². The van der Waals surface area contributed by atoms with E-state index >= 15 is 0 Å². The molecular weight excluding hydrogens is 458 g/mol. The van der Waals surface area contributed by atoms with E-state index in [1.165, 1.54) is 7.11 Å². The Balaban J connectivity index is 1.59. The second-order valence-corrected chi connectivity index (χ2v) is 10.6. The highest BCUT2D eigenvalue weighted by molar-refractivity contribution is 5.88. The Morgan fingerprint density at radius 1 is 1.19 bits per heavy atom. The molecule has 0 saturated carbocycles. The third-order valence-corrected chi connectivity index (χ3v) is 7.52. The first-order chi connectivity index (χ1) is 17.3. The first-order valence-corrected chi connectivity index (χ1v) is 13.2. The van der Waals surface area contributed by atoms with Crippen molar-refractivity contribution in [3.63, 3.8) is 0 Å². The van der Waals surface area contributed by atoms with Gasteiger partial charge in [-0.25, -0.2) is 9.59 Å². The molecule has 0 aromatic heterocycles. The number of carbonyl (C=O) groups excluding carboxylic acids is 3. The third-order valence-electron chi connectivity index (χ3n) is 7.52. The minimum Gasteiger partial charge on any atom is -0.467 e. The van der Waals surface area contributed by atoms with Crippen LogP contribution < -0.4 is 5.32 Å². The number of amides is 2. The standard InChI is InChI=1S/C28H39N3O5/c1-18(2)25-26(32)31-16-22(14-24(31)27(33)35-4)36-28(34)30-15-21-13-9-12-20(23(21)17-30)11-8-6-5-7-10-19(3)29-25/h8-9,11-13,18-19,22,24-25,29H,5-7,10,14-17H2,1-4H3/b11-8+/t19-,22+,24-,25-/m0/s1. The molecule has 3 aliphatic heterocycles. The SMILES string of the molecule is COC(=O)[C@@H]1C[C@@H]2CN1C(=O)[C@H](C(C)C)N[C@@H](C)CCCC/C=C/c1cccc3c1CN(C3)C(=O)O2. The Morgan fingerprint density at radius 3 is 2.75 bits per heavy atom. The Kier molecular flexibility index (Phi) is 8.34. The molecule has 8 nitrogen and oxygen atoms in total. The van der Waals surface area contributed by atoms with Gasteiger partial charge < -0.3 is 19.7 Å². The molecule has 3 heterocycles. The molecule has 2 amide bonds. The van der Waals surface area contributed by atoms with Gasteiger partial charge in [-0.05, 0) is 48.8 Å². The third kappa shape index (κ3) is 5.75. The van der Waals surface area contributed by atoms with Crippen LogP contribution >= 0.6 is 0 Å². The largest absolute Gasteiger partial charge is 0.467 e. The maximum Gasteiger partial charge on any atom is 0.410 e. The minimum absolute atomic E-state index is 0.0354. The van der Waals surface area contributed by atoms with Crippen LogP contribution in [0.15, 0.2) is 24.3 Å². The van der Waals surface area contributed by atoms with Crippen LogP contribution in [-0.2, 0) is 32.2 Å². The Morgan fingerprint density at radius 2 is 2.00 bits per heavy atom. The second-order valence-electron chi connectivity index (χ2n) is 10.6. The van der Waals surface area contributed by atoms with E-state index in [9.17, 15) is 14.4 Å². The van der Waals surface area contributed by atoms with E-state index in [0.29, 0.717) is 13.1 Å². The highest BCUT2D eigenvalue weighted by Gasteiger charge is 2.45. The number of esters is 1. The fourth-order valence-electron chi connectivity index (χ4n) is 5.48. The quantitative estimate of drug-likeness (QED) is 0.624. The van der Waals surface area contributed by atoms with E-state index in [2.05, 4.69) is 36.5 Å². The lowest BCUT2D eigenvalue weighted by molar-refractivity contribution is -0.152.